The molecule has 1 aliphatic heterocycles. The van der Waals surface area contributed by atoms with Gasteiger partial charge in [0.15, 0.2) is 0 Å². The van der Waals surface area contributed by atoms with Crippen molar-refractivity contribution in [2.75, 3.05) is 0 Å². The molecule has 1 heterocycles. The summed E-state index contributed by atoms with van der Waals surface area (Å²) in [5.41, 5.74) is 12.6. The van der Waals surface area contributed by atoms with Crippen LogP contribution in [0.1, 0.15) is 83.5 Å². The lowest BCUT2D eigenvalue weighted by molar-refractivity contribution is 0.590. The van der Waals surface area contributed by atoms with Crippen molar-refractivity contribution < 1.29 is 0 Å². The molecule has 2 radical (unpaired) electrons. The van der Waals surface area contributed by atoms with Gasteiger partial charge in [0.05, 0.1) is 9.52 Å². The molecule has 0 saturated heterocycles. The average molecular weight is 481 g/mol. The predicted octanol–water partition coefficient (Wildman–Crippen LogP) is 9.42. The molecule has 0 fully saturated rings. The van der Waals surface area contributed by atoms with Gasteiger partial charge in [-0.2, -0.15) is 0 Å². The molecule has 2 aromatic carbocycles. The first-order valence-electron chi connectivity index (χ1n) is 12.7. The number of fused-ring (bicyclic) bond motifs is 2. The Morgan fingerprint density at radius 1 is 0.882 bits per heavy atom. The van der Waals surface area contributed by atoms with E-state index < -0.39 is 0 Å². The van der Waals surface area contributed by atoms with Crippen LogP contribution in [0.2, 0.25) is 0 Å². The van der Waals surface area contributed by atoms with E-state index in [-0.39, 0.29) is 5.41 Å². The Kier molecular flexibility index (Phi) is 6.19. The Labute approximate surface area is 213 Å². The van der Waals surface area contributed by atoms with Gasteiger partial charge in [-0.3, -0.25) is 0 Å². The van der Waals surface area contributed by atoms with E-state index in [0.29, 0.717) is 11.5 Å². The number of hydrogen-bond acceptors (Lipinski definition) is 1. The molecular weight excluding hydrogens is 445 g/mol. The van der Waals surface area contributed by atoms with Gasteiger partial charge >= 0.3 is 0 Å². The SMILES string of the molecule is CCC1=Cc2c(-c3ccc(C(C)(C)C)cc3)cccc2C1[Si]C1=C(C)C2C(=C1)SC(CC)=C2C. The maximum absolute atomic E-state index is 2.54. The van der Waals surface area contributed by atoms with Gasteiger partial charge in [0.2, 0.25) is 0 Å². The first-order chi connectivity index (χ1) is 16.2. The van der Waals surface area contributed by atoms with Crippen molar-refractivity contribution in [1.29, 1.82) is 0 Å². The Balaban J connectivity index is 1.49. The Morgan fingerprint density at radius 2 is 1.62 bits per heavy atom. The molecular formula is C32H36SSi. The Bertz CT molecular complexity index is 1260. The van der Waals surface area contributed by atoms with E-state index in [4.69, 9.17) is 0 Å². The van der Waals surface area contributed by atoms with Crippen LogP contribution in [0.5, 0.6) is 0 Å². The quantitative estimate of drug-likeness (QED) is 0.384. The predicted molar refractivity (Wildman–Crippen MR) is 152 cm³/mol. The van der Waals surface area contributed by atoms with E-state index in [1.165, 1.54) is 27.8 Å². The van der Waals surface area contributed by atoms with E-state index in [2.05, 4.69) is 103 Å². The number of hydrogen-bond donors (Lipinski definition) is 0. The van der Waals surface area contributed by atoms with Crippen LogP contribution in [0.15, 0.2) is 80.3 Å². The highest BCUT2D eigenvalue weighted by molar-refractivity contribution is 8.07. The summed E-state index contributed by atoms with van der Waals surface area (Å²) in [6, 6.07) is 16.2. The molecule has 3 aliphatic rings. The lowest BCUT2D eigenvalue weighted by Gasteiger charge is -2.20. The summed E-state index contributed by atoms with van der Waals surface area (Å²) in [6.07, 6.45) is 7.33. The standard InChI is InChI=1S/C32H36SSi/c1-8-21-17-26-24(22-13-15-23(16-14-22)32(5,6)7)11-10-12-25(26)31(21)34-29-18-28-30(20(29)4)19(3)27(9-2)33-28/h10-18,30-31H,8-9H2,1-7H3. The summed E-state index contributed by atoms with van der Waals surface area (Å²) in [6.45, 7) is 16.2. The average Bonchev–Trinajstić information content (AvgIpc) is 3.44. The fourth-order valence-electron chi connectivity index (χ4n) is 5.72. The minimum Gasteiger partial charge on any atom is -0.0981 e. The van der Waals surface area contributed by atoms with Gasteiger partial charge in [-0.15, -0.1) is 0 Å². The summed E-state index contributed by atoms with van der Waals surface area (Å²) >= 11 is 2.04. The second kappa shape index (κ2) is 8.88. The molecule has 2 heteroatoms. The fraction of sp³-hybridized carbons (Fsp3) is 0.375. The molecule has 2 aromatic rings. The zero-order chi connectivity index (χ0) is 24.2. The molecule has 174 valence electrons. The number of allylic oxidation sites excluding steroid dienone is 7. The van der Waals surface area contributed by atoms with Crippen molar-refractivity contribution in [3.63, 3.8) is 0 Å². The van der Waals surface area contributed by atoms with E-state index >= 15 is 0 Å². The zero-order valence-corrected chi connectivity index (χ0v) is 23.5. The fourth-order valence-corrected chi connectivity index (χ4v) is 8.99. The molecule has 2 aliphatic carbocycles. The topological polar surface area (TPSA) is 0 Å². The van der Waals surface area contributed by atoms with Gasteiger partial charge in [-0.25, -0.2) is 0 Å². The van der Waals surface area contributed by atoms with Crippen LogP contribution < -0.4 is 0 Å². The number of benzene rings is 2. The highest BCUT2D eigenvalue weighted by Crippen LogP contribution is 2.54. The smallest absolute Gasteiger partial charge is 0.0944 e. The van der Waals surface area contributed by atoms with Gasteiger partial charge in [-0.1, -0.05) is 123 Å². The van der Waals surface area contributed by atoms with Crippen LogP contribution in [0.3, 0.4) is 0 Å². The largest absolute Gasteiger partial charge is 0.0981 e. The third-order valence-corrected chi connectivity index (χ3v) is 11.1. The van der Waals surface area contributed by atoms with E-state index in [9.17, 15) is 0 Å². The van der Waals surface area contributed by atoms with Gasteiger partial charge in [-0.05, 0) is 64.8 Å². The molecule has 0 nitrogen and oxygen atoms in total. The zero-order valence-electron chi connectivity index (χ0n) is 21.7. The molecule has 0 aromatic heterocycles. The lowest BCUT2D eigenvalue weighted by atomic mass is 9.86. The van der Waals surface area contributed by atoms with Crippen molar-refractivity contribution in [2.45, 2.75) is 72.3 Å². The molecule has 2 unspecified atom stereocenters. The first kappa shape index (κ1) is 23.7. The van der Waals surface area contributed by atoms with E-state index in [0.717, 1.165) is 22.4 Å². The van der Waals surface area contributed by atoms with Crippen molar-refractivity contribution >= 4 is 27.4 Å². The molecule has 0 amide bonds. The summed E-state index contributed by atoms with van der Waals surface area (Å²) in [5, 5.41) is 1.60. The molecule has 5 rings (SSSR count). The molecule has 0 bridgehead atoms. The third kappa shape index (κ3) is 3.93. The second-order valence-corrected chi connectivity index (χ2v) is 13.5. The van der Waals surface area contributed by atoms with Crippen LogP contribution in [0.4, 0.5) is 0 Å². The van der Waals surface area contributed by atoms with E-state index in [1.807, 2.05) is 11.8 Å². The third-order valence-electron chi connectivity index (χ3n) is 7.79. The Morgan fingerprint density at radius 3 is 2.24 bits per heavy atom. The van der Waals surface area contributed by atoms with Crippen molar-refractivity contribution in [3.05, 3.63) is 97.0 Å². The number of rotatable bonds is 5. The Hall–Kier alpha value is -2.03. The van der Waals surface area contributed by atoms with Crippen LogP contribution in [-0.2, 0) is 5.41 Å². The van der Waals surface area contributed by atoms with Crippen LogP contribution in [0.25, 0.3) is 17.2 Å². The van der Waals surface area contributed by atoms with E-state index in [1.54, 1.807) is 31.7 Å². The lowest BCUT2D eigenvalue weighted by Crippen LogP contribution is -2.12. The molecule has 34 heavy (non-hydrogen) atoms. The van der Waals surface area contributed by atoms with Gasteiger partial charge in [0.25, 0.3) is 0 Å². The summed E-state index contributed by atoms with van der Waals surface area (Å²) in [7, 11) is 0.809. The minimum absolute atomic E-state index is 0.183. The van der Waals surface area contributed by atoms with Gasteiger partial charge < -0.3 is 0 Å². The van der Waals surface area contributed by atoms with Crippen molar-refractivity contribution in [2.24, 2.45) is 5.92 Å². The van der Waals surface area contributed by atoms with Crippen LogP contribution >= 0.6 is 11.8 Å². The molecule has 0 saturated carbocycles. The first-order valence-corrected chi connectivity index (χ1v) is 14.6. The van der Waals surface area contributed by atoms with Crippen molar-refractivity contribution in [1.82, 2.24) is 0 Å². The summed E-state index contributed by atoms with van der Waals surface area (Å²) < 4.78 is 0. The molecule has 0 N–H and O–H groups in total. The minimum atomic E-state index is 0.183. The normalized spacial score (nSPS) is 21.7. The highest BCUT2D eigenvalue weighted by Gasteiger charge is 2.36. The molecule has 0 spiro atoms. The van der Waals surface area contributed by atoms with Gasteiger partial charge in [0.1, 0.15) is 0 Å². The van der Waals surface area contributed by atoms with Crippen LogP contribution in [0, 0.1) is 5.92 Å². The highest BCUT2D eigenvalue weighted by atomic mass is 32.2. The maximum Gasteiger partial charge on any atom is 0.0944 e. The number of thioether (sulfide) groups is 1. The monoisotopic (exact) mass is 480 g/mol. The van der Waals surface area contributed by atoms with Gasteiger partial charge in [0, 0.05) is 16.4 Å². The molecule has 2 atom stereocenters. The summed E-state index contributed by atoms with van der Waals surface area (Å²) in [4.78, 5) is 3.16. The van der Waals surface area contributed by atoms with Crippen LogP contribution in [-0.4, -0.2) is 9.52 Å². The maximum atomic E-state index is 2.54. The second-order valence-electron chi connectivity index (χ2n) is 10.9. The van der Waals surface area contributed by atoms with Crippen molar-refractivity contribution in [3.8, 4) is 11.1 Å². The summed E-state index contributed by atoms with van der Waals surface area (Å²) in [5.74, 6) is 0.560.